The normalized spacial score (nSPS) is 10.4. The van der Waals surface area contributed by atoms with Gasteiger partial charge in [-0.15, -0.1) is 0 Å². The molecule has 2 aromatic carbocycles. The maximum Gasteiger partial charge on any atom is 0.118 e. The van der Waals surface area contributed by atoms with Gasteiger partial charge in [0.1, 0.15) is 5.75 Å². The molecule has 1 nitrogen and oxygen atoms in total. The molecule has 0 aliphatic heterocycles. The molecular weight excluding hydrogens is 220 g/mol. The van der Waals surface area contributed by atoms with Gasteiger partial charge in [0.05, 0.1) is 7.11 Å². The van der Waals surface area contributed by atoms with Crippen LogP contribution in [0.2, 0.25) is 0 Å². The fourth-order valence-electron chi connectivity index (χ4n) is 2.44. The zero-order valence-electron chi connectivity index (χ0n) is 11.6. The number of ether oxygens (including phenoxy) is 1. The Kier molecular flexibility index (Phi) is 3.71. The standard InChI is InChI=1S/C17H20O/c1-12-9-13(2)17(14(3)10-12)11-15-5-7-16(18-4)8-6-15/h5-10H,11H2,1-4H3. The maximum absolute atomic E-state index is 5.18. The summed E-state index contributed by atoms with van der Waals surface area (Å²) < 4.78 is 5.18. The molecule has 0 spiro atoms. The summed E-state index contributed by atoms with van der Waals surface area (Å²) in [4.78, 5) is 0. The highest BCUT2D eigenvalue weighted by Gasteiger charge is 2.05. The summed E-state index contributed by atoms with van der Waals surface area (Å²) in [5.74, 6) is 0.913. The van der Waals surface area contributed by atoms with Gasteiger partial charge in [0.2, 0.25) is 0 Å². The minimum Gasteiger partial charge on any atom is -0.497 e. The first kappa shape index (κ1) is 12.7. The SMILES string of the molecule is COc1ccc(Cc2c(C)cc(C)cc2C)cc1. The molecule has 0 unspecified atom stereocenters. The van der Waals surface area contributed by atoms with Crippen LogP contribution in [0.1, 0.15) is 27.8 Å². The van der Waals surface area contributed by atoms with E-state index < -0.39 is 0 Å². The van der Waals surface area contributed by atoms with Crippen LogP contribution in [0, 0.1) is 20.8 Å². The van der Waals surface area contributed by atoms with Crippen molar-refractivity contribution in [2.45, 2.75) is 27.2 Å². The van der Waals surface area contributed by atoms with E-state index in [1.165, 1.54) is 27.8 Å². The predicted molar refractivity (Wildman–Crippen MR) is 76.5 cm³/mol. The second-order valence-electron chi connectivity index (χ2n) is 4.90. The number of benzene rings is 2. The largest absolute Gasteiger partial charge is 0.497 e. The Bertz CT molecular complexity index is 515. The molecule has 18 heavy (non-hydrogen) atoms. The van der Waals surface area contributed by atoms with Crippen molar-refractivity contribution in [3.8, 4) is 5.75 Å². The highest BCUT2D eigenvalue weighted by molar-refractivity contribution is 5.41. The van der Waals surface area contributed by atoms with Gasteiger partial charge in [-0.05, 0) is 61.6 Å². The molecule has 0 saturated heterocycles. The molecule has 0 radical (unpaired) electrons. The average Bonchev–Trinajstić information content (AvgIpc) is 2.34. The van der Waals surface area contributed by atoms with Crippen LogP contribution in [0.5, 0.6) is 5.75 Å². The Morgan fingerprint density at radius 3 is 1.94 bits per heavy atom. The third-order valence-electron chi connectivity index (χ3n) is 3.38. The van der Waals surface area contributed by atoms with Crippen molar-refractivity contribution in [3.63, 3.8) is 0 Å². The lowest BCUT2D eigenvalue weighted by atomic mass is 9.94. The van der Waals surface area contributed by atoms with E-state index in [1.807, 2.05) is 12.1 Å². The fourth-order valence-corrected chi connectivity index (χ4v) is 2.44. The minimum absolute atomic E-state index is 0.913. The van der Waals surface area contributed by atoms with Gasteiger partial charge in [-0.2, -0.15) is 0 Å². The number of aryl methyl sites for hydroxylation is 3. The number of methoxy groups -OCH3 is 1. The van der Waals surface area contributed by atoms with E-state index >= 15 is 0 Å². The molecule has 2 rings (SSSR count). The van der Waals surface area contributed by atoms with Gasteiger partial charge in [-0.25, -0.2) is 0 Å². The topological polar surface area (TPSA) is 9.23 Å². The third kappa shape index (κ3) is 2.73. The lowest BCUT2D eigenvalue weighted by molar-refractivity contribution is 0.414. The zero-order chi connectivity index (χ0) is 13.1. The lowest BCUT2D eigenvalue weighted by Crippen LogP contribution is -1.97. The molecule has 0 aromatic heterocycles. The Hall–Kier alpha value is -1.76. The lowest BCUT2D eigenvalue weighted by Gasteiger charge is -2.11. The first-order chi connectivity index (χ1) is 8.60. The first-order valence-electron chi connectivity index (χ1n) is 6.30. The molecule has 94 valence electrons. The summed E-state index contributed by atoms with van der Waals surface area (Å²) in [6.07, 6.45) is 0.988. The first-order valence-corrected chi connectivity index (χ1v) is 6.30. The molecule has 0 aliphatic carbocycles. The van der Waals surface area contributed by atoms with Gasteiger partial charge < -0.3 is 4.74 Å². The van der Waals surface area contributed by atoms with Gasteiger partial charge in [0, 0.05) is 0 Å². The van der Waals surface area contributed by atoms with Gasteiger partial charge in [0.15, 0.2) is 0 Å². The summed E-state index contributed by atoms with van der Waals surface area (Å²) in [5, 5.41) is 0. The molecule has 2 aromatic rings. The van der Waals surface area contributed by atoms with E-state index in [0.717, 1.165) is 12.2 Å². The van der Waals surface area contributed by atoms with E-state index in [1.54, 1.807) is 7.11 Å². The fraction of sp³-hybridized carbons (Fsp3) is 0.294. The van der Waals surface area contributed by atoms with Crippen molar-refractivity contribution in [3.05, 3.63) is 64.2 Å². The van der Waals surface area contributed by atoms with Crippen LogP contribution in [0.15, 0.2) is 36.4 Å². The van der Waals surface area contributed by atoms with E-state index in [-0.39, 0.29) is 0 Å². The second-order valence-corrected chi connectivity index (χ2v) is 4.90. The third-order valence-corrected chi connectivity index (χ3v) is 3.38. The van der Waals surface area contributed by atoms with E-state index in [9.17, 15) is 0 Å². The summed E-state index contributed by atoms with van der Waals surface area (Å²) in [7, 11) is 1.70. The molecule has 0 saturated carbocycles. The number of hydrogen-bond donors (Lipinski definition) is 0. The zero-order valence-corrected chi connectivity index (χ0v) is 11.6. The molecule has 0 atom stereocenters. The molecule has 0 heterocycles. The second kappa shape index (κ2) is 5.26. The van der Waals surface area contributed by atoms with Crippen molar-refractivity contribution in [1.29, 1.82) is 0 Å². The van der Waals surface area contributed by atoms with Crippen LogP contribution in [-0.2, 0) is 6.42 Å². The molecule has 0 N–H and O–H groups in total. The van der Waals surface area contributed by atoms with Gasteiger partial charge in [0.25, 0.3) is 0 Å². The number of hydrogen-bond acceptors (Lipinski definition) is 1. The molecule has 0 fully saturated rings. The van der Waals surface area contributed by atoms with Gasteiger partial charge >= 0.3 is 0 Å². The number of rotatable bonds is 3. The monoisotopic (exact) mass is 240 g/mol. The summed E-state index contributed by atoms with van der Waals surface area (Å²) in [6.45, 7) is 6.54. The highest BCUT2D eigenvalue weighted by atomic mass is 16.5. The van der Waals surface area contributed by atoms with Gasteiger partial charge in [-0.3, -0.25) is 0 Å². The molecule has 0 amide bonds. The smallest absolute Gasteiger partial charge is 0.118 e. The van der Waals surface area contributed by atoms with Crippen LogP contribution in [0.4, 0.5) is 0 Å². The summed E-state index contributed by atoms with van der Waals surface area (Å²) in [5.41, 5.74) is 6.85. The van der Waals surface area contributed by atoms with Gasteiger partial charge in [-0.1, -0.05) is 29.8 Å². The van der Waals surface area contributed by atoms with Crippen molar-refractivity contribution in [2.75, 3.05) is 7.11 Å². The van der Waals surface area contributed by atoms with Crippen molar-refractivity contribution >= 4 is 0 Å². The Balaban J connectivity index is 2.28. The molecule has 0 aliphatic rings. The molecule has 0 bridgehead atoms. The Morgan fingerprint density at radius 1 is 0.889 bits per heavy atom. The van der Waals surface area contributed by atoms with Crippen LogP contribution >= 0.6 is 0 Å². The molecular formula is C17H20O. The summed E-state index contributed by atoms with van der Waals surface area (Å²) >= 11 is 0. The van der Waals surface area contributed by atoms with E-state index in [2.05, 4.69) is 45.0 Å². The Morgan fingerprint density at radius 2 is 1.44 bits per heavy atom. The van der Waals surface area contributed by atoms with Crippen LogP contribution < -0.4 is 4.74 Å². The quantitative estimate of drug-likeness (QED) is 0.781. The molecule has 1 heteroatoms. The van der Waals surface area contributed by atoms with Crippen molar-refractivity contribution in [2.24, 2.45) is 0 Å². The maximum atomic E-state index is 5.18. The summed E-state index contributed by atoms with van der Waals surface area (Å²) in [6, 6.07) is 12.8. The predicted octanol–water partition coefficient (Wildman–Crippen LogP) is 4.21. The Labute approximate surface area is 109 Å². The van der Waals surface area contributed by atoms with E-state index in [4.69, 9.17) is 4.74 Å². The van der Waals surface area contributed by atoms with Crippen LogP contribution in [0.3, 0.4) is 0 Å². The van der Waals surface area contributed by atoms with Crippen LogP contribution in [-0.4, -0.2) is 7.11 Å². The average molecular weight is 240 g/mol. The minimum atomic E-state index is 0.913. The van der Waals surface area contributed by atoms with Crippen LogP contribution in [0.25, 0.3) is 0 Å². The highest BCUT2D eigenvalue weighted by Crippen LogP contribution is 2.21. The van der Waals surface area contributed by atoms with E-state index in [0.29, 0.717) is 0 Å². The van der Waals surface area contributed by atoms with Crippen molar-refractivity contribution < 1.29 is 4.74 Å². The van der Waals surface area contributed by atoms with Crippen molar-refractivity contribution in [1.82, 2.24) is 0 Å².